The Balaban J connectivity index is 0.000000266. The number of fused-ring (bicyclic) bond motifs is 2. The number of halogens is 2. The molecule has 200 valence electrons. The van der Waals surface area contributed by atoms with Crippen molar-refractivity contribution < 1.29 is 19.7 Å². The van der Waals surface area contributed by atoms with Gasteiger partial charge in [0.25, 0.3) is 11.8 Å². The van der Waals surface area contributed by atoms with Crippen molar-refractivity contribution >= 4 is 5.91 Å². The van der Waals surface area contributed by atoms with Gasteiger partial charge in [0.2, 0.25) is 0 Å². The van der Waals surface area contributed by atoms with Crippen LogP contribution in [-0.4, -0.2) is 44.2 Å². The molecule has 0 aliphatic carbocycles. The molecule has 2 aromatic carbocycles. The van der Waals surface area contributed by atoms with E-state index in [1.54, 1.807) is 18.1 Å². The topological polar surface area (TPSA) is 41.6 Å². The van der Waals surface area contributed by atoms with E-state index < -0.39 is 5.92 Å². The van der Waals surface area contributed by atoms with Gasteiger partial charge in [0, 0.05) is 39.3 Å². The van der Waals surface area contributed by atoms with Crippen LogP contribution in [0, 0.1) is 0 Å². The Morgan fingerprint density at radius 1 is 1.17 bits per heavy atom. The number of carbonyl (C=O) groups is 1. The summed E-state index contributed by atoms with van der Waals surface area (Å²) < 4.78 is 33.6. The highest BCUT2D eigenvalue weighted by Gasteiger charge is 2.40. The third-order valence-electron chi connectivity index (χ3n) is 7.83. The molecule has 4 rings (SSSR count). The molecule has 36 heavy (non-hydrogen) atoms. The second kappa shape index (κ2) is 11.8. The van der Waals surface area contributed by atoms with E-state index in [0.29, 0.717) is 25.6 Å². The molecule has 0 fully saturated rings. The van der Waals surface area contributed by atoms with E-state index in [9.17, 15) is 13.6 Å². The van der Waals surface area contributed by atoms with Gasteiger partial charge in [-0.3, -0.25) is 9.69 Å². The van der Waals surface area contributed by atoms with Crippen LogP contribution in [-0.2, 0) is 29.0 Å². The van der Waals surface area contributed by atoms with Gasteiger partial charge in [-0.15, -0.1) is 0 Å². The molecule has 0 saturated carbocycles. The van der Waals surface area contributed by atoms with E-state index in [1.165, 1.54) is 11.1 Å². The summed E-state index contributed by atoms with van der Waals surface area (Å²) in [6, 6.07) is 11.7. The molecular formula is C30H44F2N2O2. The lowest BCUT2D eigenvalue weighted by Crippen LogP contribution is -2.42. The lowest BCUT2D eigenvalue weighted by Gasteiger charge is -2.35. The number of hydrogen-bond donors (Lipinski definition) is 1. The van der Waals surface area contributed by atoms with Crippen molar-refractivity contribution in [1.82, 2.24) is 10.2 Å². The minimum absolute atomic E-state index is 0. The van der Waals surface area contributed by atoms with Crippen molar-refractivity contribution in [2.45, 2.75) is 77.7 Å². The average Bonchev–Trinajstić information content (AvgIpc) is 2.86. The van der Waals surface area contributed by atoms with E-state index in [-0.39, 0.29) is 24.9 Å². The first-order valence-corrected chi connectivity index (χ1v) is 13.2. The van der Waals surface area contributed by atoms with E-state index in [4.69, 9.17) is 4.74 Å². The smallest absolute Gasteiger partial charge is 0.285 e. The summed E-state index contributed by atoms with van der Waals surface area (Å²) in [6.07, 6.45) is 3.09. The standard InChI is InChI=1S/C17H25F2NO.C13H17NO.H2/c1-5-16(2,3)14-6-7-15-13(10-14)11-20(8-9-21-4)12-17(15,18)19;1-3-9(2)10-4-5-12-11(8-10)6-7-14-13(12)15;/h6-7,10H,5,8-9,11-12H2,1-4H3;4-5,8-9H,3,6-7H2,1-2H3,(H,14,15);1H. The first kappa shape index (κ1) is 28.3. The number of alkyl halides is 2. The maximum absolute atomic E-state index is 14.3. The first-order valence-electron chi connectivity index (χ1n) is 13.2. The number of rotatable bonds is 7. The van der Waals surface area contributed by atoms with Gasteiger partial charge in [0.15, 0.2) is 0 Å². The molecular weight excluding hydrogens is 458 g/mol. The molecule has 6 heteroatoms. The molecule has 1 unspecified atom stereocenters. The Hall–Kier alpha value is -2.31. The average molecular weight is 503 g/mol. The summed E-state index contributed by atoms with van der Waals surface area (Å²) >= 11 is 0. The van der Waals surface area contributed by atoms with E-state index >= 15 is 0 Å². The number of carbonyl (C=O) groups excluding carboxylic acids is 1. The zero-order valence-electron chi connectivity index (χ0n) is 22.7. The molecule has 0 aromatic heterocycles. The molecule has 0 saturated heterocycles. The fraction of sp³-hybridized carbons (Fsp3) is 0.567. The molecule has 0 spiro atoms. The molecule has 2 heterocycles. The zero-order valence-corrected chi connectivity index (χ0v) is 22.7. The minimum Gasteiger partial charge on any atom is -0.383 e. The van der Waals surface area contributed by atoms with Gasteiger partial charge in [0.1, 0.15) is 0 Å². The monoisotopic (exact) mass is 502 g/mol. The Morgan fingerprint density at radius 3 is 2.58 bits per heavy atom. The molecule has 0 radical (unpaired) electrons. The summed E-state index contributed by atoms with van der Waals surface area (Å²) in [5, 5.41) is 2.86. The van der Waals surface area contributed by atoms with Gasteiger partial charge in [-0.1, -0.05) is 65.0 Å². The van der Waals surface area contributed by atoms with Crippen molar-refractivity contribution in [3.63, 3.8) is 0 Å². The highest BCUT2D eigenvalue weighted by Crippen LogP contribution is 2.39. The number of benzene rings is 2. The summed E-state index contributed by atoms with van der Waals surface area (Å²) in [7, 11) is 1.60. The summed E-state index contributed by atoms with van der Waals surface area (Å²) in [4.78, 5) is 13.3. The van der Waals surface area contributed by atoms with Crippen molar-refractivity contribution in [2.24, 2.45) is 0 Å². The molecule has 1 amide bonds. The number of hydrogen-bond acceptors (Lipinski definition) is 3. The molecule has 1 atom stereocenters. The van der Waals surface area contributed by atoms with Crippen LogP contribution in [0.15, 0.2) is 36.4 Å². The van der Waals surface area contributed by atoms with Crippen LogP contribution in [0.25, 0.3) is 0 Å². The fourth-order valence-electron chi connectivity index (χ4n) is 4.74. The van der Waals surface area contributed by atoms with Crippen LogP contribution in [0.1, 0.15) is 93.0 Å². The lowest BCUT2D eigenvalue weighted by atomic mass is 9.80. The number of amides is 1. The SMILES string of the molecule is CCC(C)(C)c1ccc2c(c1)CN(CCOC)CC2(F)F.CCC(C)c1ccc2c(c1)CCNC2=O.[HH]. The van der Waals surface area contributed by atoms with Crippen LogP contribution < -0.4 is 5.32 Å². The molecule has 0 bridgehead atoms. The maximum atomic E-state index is 14.3. The lowest BCUT2D eigenvalue weighted by molar-refractivity contribution is -0.0560. The van der Waals surface area contributed by atoms with E-state index in [1.807, 2.05) is 18.2 Å². The number of ether oxygens (including phenoxy) is 1. The van der Waals surface area contributed by atoms with Gasteiger partial charge in [0.05, 0.1) is 13.2 Å². The Bertz CT molecular complexity index is 1060. The predicted molar refractivity (Wildman–Crippen MR) is 144 cm³/mol. The predicted octanol–water partition coefficient (Wildman–Crippen LogP) is 6.66. The second-order valence-corrected chi connectivity index (χ2v) is 10.7. The number of nitrogens with one attached hydrogen (secondary N) is 1. The molecule has 2 aliphatic rings. The van der Waals surface area contributed by atoms with Crippen molar-refractivity contribution in [3.8, 4) is 0 Å². The third-order valence-corrected chi connectivity index (χ3v) is 7.83. The van der Waals surface area contributed by atoms with E-state index in [2.05, 4.69) is 52.1 Å². The van der Waals surface area contributed by atoms with Crippen molar-refractivity contribution in [3.05, 3.63) is 69.8 Å². The summed E-state index contributed by atoms with van der Waals surface area (Å²) in [6.45, 7) is 13.0. The first-order chi connectivity index (χ1) is 17.0. The Labute approximate surface area is 216 Å². The molecule has 4 nitrogen and oxygen atoms in total. The highest BCUT2D eigenvalue weighted by molar-refractivity contribution is 5.96. The quantitative estimate of drug-likeness (QED) is 0.460. The second-order valence-electron chi connectivity index (χ2n) is 10.7. The third kappa shape index (κ3) is 6.51. The van der Waals surface area contributed by atoms with Crippen molar-refractivity contribution in [1.29, 1.82) is 0 Å². The Kier molecular flexibility index (Phi) is 9.28. The van der Waals surface area contributed by atoms with Gasteiger partial charge < -0.3 is 10.1 Å². The normalized spacial score (nSPS) is 17.8. The number of methoxy groups -OCH3 is 1. The van der Waals surface area contributed by atoms with Crippen molar-refractivity contribution in [2.75, 3.05) is 33.4 Å². The van der Waals surface area contributed by atoms with Gasteiger partial charge in [-0.25, -0.2) is 0 Å². The highest BCUT2D eigenvalue weighted by atomic mass is 19.3. The Morgan fingerprint density at radius 2 is 1.92 bits per heavy atom. The fourth-order valence-corrected chi connectivity index (χ4v) is 4.74. The maximum Gasteiger partial charge on any atom is 0.285 e. The zero-order chi connectivity index (χ0) is 26.5. The molecule has 2 aliphatic heterocycles. The van der Waals surface area contributed by atoms with Crippen LogP contribution in [0.2, 0.25) is 0 Å². The molecule has 2 aromatic rings. The van der Waals surface area contributed by atoms with Crippen LogP contribution >= 0.6 is 0 Å². The van der Waals surface area contributed by atoms with Crippen LogP contribution in [0.4, 0.5) is 8.78 Å². The largest absolute Gasteiger partial charge is 0.383 e. The number of nitrogens with zero attached hydrogens (tertiary/aromatic N) is 1. The minimum atomic E-state index is -2.78. The summed E-state index contributed by atoms with van der Waals surface area (Å²) in [5.74, 6) is -2.12. The van der Waals surface area contributed by atoms with E-state index in [0.717, 1.165) is 42.5 Å². The van der Waals surface area contributed by atoms with Gasteiger partial charge in [-0.05, 0) is 58.9 Å². The van der Waals surface area contributed by atoms with Gasteiger partial charge >= 0.3 is 0 Å². The summed E-state index contributed by atoms with van der Waals surface area (Å²) in [5.41, 5.74) is 5.50. The van der Waals surface area contributed by atoms with Crippen LogP contribution in [0.3, 0.4) is 0 Å². The molecule has 1 N–H and O–H groups in total. The van der Waals surface area contributed by atoms with Gasteiger partial charge in [-0.2, -0.15) is 8.78 Å². The van der Waals surface area contributed by atoms with Crippen LogP contribution in [0.5, 0.6) is 0 Å².